The summed E-state index contributed by atoms with van der Waals surface area (Å²) in [7, 11) is 1.49. The standard InChI is InChI=1S/C46H66O11.HIP.V/c1-20-26-14-28(32(47)17-33(48)57-46(3,4)5)29(15-26)34(20)38-30-16-31(39(38)37-25-10-9-24(13-25)36(37)35-21(2)42(49)56-45(35)52)40(41(30)44(51)55-19-53-6)43(50)54-18-27-12-22-7-8-23(27)11-22;1-2;/h20-32,34-41,47H,7-19H2,1-6H3;2H;/q;-1;. The second kappa shape index (κ2) is 18.6. The summed E-state index contributed by atoms with van der Waals surface area (Å²) in [5.41, 5.74) is -0.648. The van der Waals surface area contributed by atoms with Crippen molar-refractivity contribution in [2.75, 3.05) is 20.5 Å². The maximum absolute atomic E-state index is 14.7. The Bertz CT molecular complexity index is 1640. The van der Waals surface area contributed by atoms with Crippen LogP contribution in [0.15, 0.2) is 0 Å². The molecule has 1 radical (unpaired) electrons. The van der Waals surface area contributed by atoms with Crippen LogP contribution in [0.1, 0.15) is 105 Å². The van der Waals surface area contributed by atoms with Gasteiger partial charge in [-0.1, -0.05) is 20.3 Å². The number of aliphatic hydroxyl groups is 1. The van der Waals surface area contributed by atoms with Crippen molar-refractivity contribution in [3.8, 4) is 0 Å². The van der Waals surface area contributed by atoms with Crippen molar-refractivity contribution >= 4 is 58.8 Å². The Balaban J connectivity index is 0.00000179. The molecule has 9 aliphatic rings. The molecule has 8 saturated carbocycles. The molecule has 0 amide bonds. The number of halogens is 1. The average Bonchev–Trinajstić information content (AvgIpc) is 4.06. The molecule has 14 heteroatoms. The minimum atomic E-state index is -0.840. The van der Waals surface area contributed by atoms with Gasteiger partial charge in [0.1, 0.15) is 5.60 Å². The average molecular weight is 1000 g/mol. The Hall–Kier alpha value is -0.786. The number of fused-ring (bicyclic) bond motifs is 8. The first kappa shape index (κ1) is 47.2. The molecular weight excluding hydrogens is 937 g/mol. The van der Waals surface area contributed by atoms with Crippen molar-refractivity contribution in [3.05, 3.63) is 0 Å². The van der Waals surface area contributed by atoms with E-state index in [0.717, 1.165) is 44.4 Å². The van der Waals surface area contributed by atoms with Gasteiger partial charge >= 0.3 is 29.8 Å². The van der Waals surface area contributed by atoms with Gasteiger partial charge < -0.3 is 57.7 Å². The summed E-state index contributed by atoms with van der Waals surface area (Å²) in [6.45, 7) is 12.8. The van der Waals surface area contributed by atoms with Gasteiger partial charge in [0.25, 0.3) is 0 Å². The summed E-state index contributed by atoms with van der Waals surface area (Å²) >= 11 is 1.96. The Morgan fingerprint density at radius 2 is 1.40 bits per heavy atom. The number of hydrogen-bond donors (Lipinski definition) is 1. The third-order valence-electron chi connectivity index (χ3n) is 18.0. The fraction of sp³-hybridized carbons (Fsp3) is 0.891. The Kier molecular flexibility index (Phi) is 14.6. The molecule has 9 rings (SSSR count). The van der Waals surface area contributed by atoms with Crippen LogP contribution < -0.4 is 0 Å². The maximum Gasteiger partial charge on any atom is 0.317 e. The van der Waals surface area contributed by atoms with E-state index < -0.39 is 59.3 Å². The van der Waals surface area contributed by atoms with Crippen LogP contribution in [0, 0.1) is 118 Å². The zero-order chi connectivity index (χ0) is 42.2. The van der Waals surface area contributed by atoms with Crippen molar-refractivity contribution < 1.29 is 71.3 Å². The number of carbonyl (C=O) groups excluding carboxylic acids is 5. The first-order chi connectivity index (χ1) is 28.1. The van der Waals surface area contributed by atoms with Gasteiger partial charge in [0.05, 0.1) is 42.8 Å². The van der Waals surface area contributed by atoms with E-state index in [2.05, 4.69) is 13.8 Å². The molecule has 1 saturated heterocycles. The predicted octanol–water partition coefficient (Wildman–Crippen LogP) is 7.70. The van der Waals surface area contributed by atoms with E-state index in [9.17, 15) is 29.1 Å². The number of carbonyl (C=O) groups is 5. The van der Waals surface area contributed by atoms with Gasteiger partial charge in [0, 0.05) is 25.7 Å². The molecule has 0 aromatic rings. The number of methoxy groups -OCH3 is 1. The van der Waals surface area contributed by atoms with E-state index in [1.807, 2.05) is 49.7 Å². The van der Waals surface area contributed by atoms with Gasteiger partial charge in [-0.2, -0.15) is 0 Å². The van der Waals surface area contributed by atoms with Crippen LogP contribution in [0.3, 0.4) is 0 Å². The predicted molar refractivity (Wildman–Crippen MR) is 226 cm³/mol. The van der Waals surface area contributed by atoms with Crippen LogP contribution in [-0.2, 0) is 66.2 Å². The smallest absolute Gasteiger partial charge is 0.317 e. The molecule has 11 nitrogen and oxygen atoms in total. The van der Waals surface area contributed by atoms with E-state index in [4.69, 9.17) is 23.7 Å². The van der Waals surface area contributed by atoms with Crippen molar-refractivity contribution in [3.63, 3.8) is 0 Å². The summed E-state index contributed by atoms with van der Waals surface area (Å²) in [4.78, 5) is 68.5. The Morgan fingerprint density at radius 1 is 0.767 bits per heavy atom. The van der Waals surface area contributed by atoms with Crippen molar-refractivity contribution in [2.45, 2.75) is 117 Å². The van der Waals surface area contributed by atoms with Crippen LogP contribution in [0.5, 0.6) is 0 Å². The Morgan fingerprint density at radius 3 is 1.97 bits per heavy atom. The third-order valence-corrected chi connectivity index (χ3v) is 18.0. The van der Waals surface area contributed by atoms with Crippen molar-refractivity contribution in [2.24, 2.45) is 118 Å². The SMILES string of the molecule is COCOC(=O)C1C2CC(C1C(=O)OCC1CC3CCC1C3)C(C1C3CCC(C3)C1C1C(=O)OC(=O)C1C)C2C1C(C)C2CC(C(O)CC(=O)OC(C)(C)C)C1C2.[PH-]I.[V]. The molecule has 8 aliphatic carbocycles. The summed E-state index contributed by atoms with van der Waals surface area (Å²) in [6, 6.07) is 0. The molecule has 8 bridgehead atoms. The van der Waals surface area contributed by atoms with Gasteiger partial charge in [-0.15, -0.1) is 0 Å². The van der Waals surface area contributed by atoms with E-state index in [1.54, 1.807) is 0 Å². The monoisotopic (exact) mass is 1000 g/mol. The number of rotatable bonds is 12. The van der Waals surface area contributed by atoms with Crippen molar-refractivity contribution in [1.29, 1.82) is 0 Å². The molecule has 335 valence electrons. The maximum atomic E-state index is 14.7. The molecule has 1 aliphatic heterocycles. The fourth-order valence-electron chi connectivity index (χ4n) is 16.4. The number of aliphatic hydroxyl groups excluding tert-OH is 1. The first-order valence-corrected chi connectivity index (χ1v) is 26.4. The summed E-state index contributed by atoms with van der Waals surface area (Å²) in [5, 5.41) is 11.8. The second-order valence-corrected chi connectivity index (χ2v) is 21.6. The third kappa shape index (κ3) is 8.34. The minimum Gasteiger partial charge on any atom is -0.483 e. The van der Waals surface area contributed by atoms with E-state index in [-0.39, 0.29) is 91.0 Å². The number of cyclic esters (lactones) is 2. The van der Waals surface area contributed by atoms with Crippen LogP contribution >= 0.6 is 28.9 Å². The minimum absolute atomic E-state index is 0. The summed E-state index contributed by atoms with van der Waals surface area (Å²) in [6.07, 6.45) is 9.47. The van der Waals surface area contributed by atoms with Crippen LogP contribution in [0.4, 0.5) is 0 Å². The zero-order valence-electron chi connectivity index (χ0n) is 36.2. The van der Waals surface area contributed by atoms with Gasteiger partial charge in [0.2, 0.25) is 0 Å². The van der Waals surface area contributed by atoms with Gasteiger partial charge in [0.15, 0.2) is 6.79 Å². The number of esters is 5. The molecular formula is C46H67IO11PV-. The zero-order valence-corrected chi connectivity index (χ0v) is 40.7. The Labute approximate surface area is 383 Å². The van der Waals surface area contributed by atoms with Gasteiger partial charge in [-0.25, -0.2) is 0 Å². The molecule has 1 N–H and O–H groups in total. The van der Waals surface area contributed by atoms with E-state index >= 15 is 0 Å². The topological polar surface area (TPSA) is 152 Å². The first-order valence-electron chi connectivity index (χ1n) is 22.8. The molecule has 9 fully saturated rings. The molecule has 21 atom stereocenters. The molecule has 21 unspecified atom stereocenters. The quantitative estimate of drug-likeness (QED) is 0.0512. The second-order valence-electron chi connectivity index (χ2n) is 21.6. The van der Waals surface area contributed by atoms with Crippen LogP contribution in [0.2, 0.25) is 0 Å². The summed E-state index contributed by atoms with van der Waals surface area (Å²) < 4.78 is 28.3. The normalized spacial score (nSPS) is 45.9. The molecule has 0 spiro atoms. The van der Waals surface area contributed by atoms with Crippen LogP contribution in [-0.4, -0.2) is 67.2 Å². The van der Waals surface area contributed by atoms with Gasteiger partial charge in [-0.3, -0.25) is 24.0 Å². The molecule has 60 heavy (non-hydrogen) atoms. The fourth-order valence-corrected chi connectivity index (χ4v) is 16.4. The number of hydrogen-bond acceptors (Lipinski definition) is 11. The van der Waals surface area contributed by atoms with Crippen LogP contribution in [0.25, 0.3) is 0 Å². The summed E-state index contributed by atoms with van der Waals surface area (Å²) in [5.74, 6) is -1.18. The number of ether oxygens (including phenoxy) is 5. The van der Waals surface area contributed by atoms with Gasteiger partial charge in [-0.05, 0) is 173 Å². The molecule has 1 heterocycles. The van der Waals surface area contributed by atoms with E-state index in [1.165, 1.54) is 26.4 Å². The van der Waals surface area contributed by atoms with Crippen molar-refractivity contribution in [1.82, 2.24) is 0 Å². The molecule has 0 aromatic heterocycles. The van der Waals surface area contributed by atoms with E-state index in [0.29, 0.717) is 48.5 Å². The molecule has 0 aromatic carbocycles. The largest absolute Gasteiger partial charge is 0.483 e.